The molecule has 0 spiro atoms. The summed E-state index contributed by atoms with van der Waals surface area (Å²) in [4.78, 5) is 35.9. The molecule has 0 unspecified atom stereocenters. The second-order valence-corrected chi connectivity index (χ2v) is 7.07. The Morgan fingerprint density at radius 2 is 1.96 bits per heavy atom. The first-order valence-electron chi connectivity index (χ1n) is 8.60. The number of amides is 2. The summed E-state index contributed by atoms with van der Waals surface area (Å²) in [6.07, 6.45) is 4.48. The zero-order valence-corrected chi connectivity index (χ0v) is 15.2. The molecule has 138 valence electrons. The predicted molar refractivity (Wildman–Crippen MR) is 94.3 cm³/mol. The number of ether oxygens (including phenoxy) is 1. The lowest BCUT2D eigenvalue weighted by Gasteiger charge is -2.34. The quantitative estimate of drug-likeness (QED) is 0.782. The summed E-state index contributed by atoms with van der Waals surface area (Å²) >= 11 is 0. The fraction of sp³-hybridized carbons (Fsp3) is 0.647. The second-order valence-electron chi connectivity index (χ2n) is 7.07. The summed E-state index contributed by atoms with van der Waals surface area (Å²) in [5.41, 5.74) is -0.300. The minimum absolute atomic E-state index is 0.0742. The van der Waals surface area contributed by atoms with E-state index < -0.39 is 6.09 Å². The molecule has 1 N–H and O–H groups in total. The number of carbonyl (C=O) groups is 2. The number of rotatable bonds is 6. The Kier molecular flexibility index (Phi) is 6.55. The maximum atomic E-state index is 12.2. The molecule has 0 radical (unpaired) electrons. The standard InChI is InChI=1S/C17H27N5O3/c1-17(2,3)20-16(24)25-12-5-4-9-21-10-11-22(13-14(21)23)15-18-7-6-8-19-15/h6-8H,4-5,9-13H2,1-3H3,(H,20,24). The van der Waals surface area contributed by atoms with Gasteiger partial charge < -0.3 is 19.9 Å². The zero-order valence-electron chi connectivity index (χ0n) is 15.2. The van der Waals surface area contributed by atoms with Crippen LogP contribution in [0, 0.1) is 0 Å². The normalized spacial score (nSPS) is 15.2. The first-order chi connectivity index (χ1) is 11.8. The third-order valence-corrected chi connectivity index (χ3v) is 3.69. The van der Waals surface area contributed by atoms with Crippen molar-refractivity contribution in [1.82, 2.24) is 20.2 Å². The molecule has 1 fully saturated rings. The van der Waals surface area contributed by atoms with Crippen LogP contribution in [0.3, 0.4) is 0 Å². The lowest BCUT2D eigenvalue weighted by Crippen LogP contribution is -2.51. The van der Waals surface area contributed by atoms with Gasteiger partial charge in [0.15, 0.2) is 0 Å². The highest BCUT2D eigenvalue weighted by Gasteiger charge is 2.24. The molecule has 0 aromatic carbocycles. The van der Waals surface area contributed by atoms with Crippen molar-refractivity contribution in [3.05, 3.63) is 18.5 Å². The van der Waals surface area contributed by atoms with Crippen molar-refractivity contribution in [1.29, 1.82) is 0 Å². The molecule has 8 nitrogen and oxygen atoms in total. The van der Waals surface area contributed by atoms with E-state index >= 15 is 0 Å². The van der Waals surface area contributed by atoms with Gasteiger partial charge in [-0.25, -0.2) is 14.8 Å². The Morgan fingerprint density at radius 3 is 2.60 bits per heavy atom. The molecule has 1 saturated heterocycles. The number of alkyl carbamates (subject to hydrolysis) is 1. The monoisotopic (exact) mass is 349 g/mol. The zero-order chi connectivity index (χ0) is 18.3. The van der Waals surface area contributed by atoms with Crippen LogP contribution in [-0.2, 0) is 9.53 Å². The van der Waals surface area contributed by atoms with Crippen molar-refractivity contribution in [3.8, 4) is 0 Å². The molecule has 0 atom stereocenters. The summed E-state index contributed by atoms with van der Waals surface area (Å²) in [7, 11) is 0. The summed E-state index contributed by atoms with van der Waals surface area (Å²) in [6.45, 7) is 8.41. The van der Waals surface area contributed by atoms with Gasteiger partial charge in [0.2, 0.25) is 11.9 Å². The van der Waals surface area contributed by atoms with Gasteiger partial charge in [0.1, 0.15) is 0 Å². The molecule has 2 rings (SSSR count). The second kappa shape index (κ2) is 8.64. The molecule has 2 amide bonds. The topological polar surface area (TPSA) is 87.7 Å². The number of carbonyl (C=O) groups excluding carboxylic acids is 2. The Morgan fingerprint density at radius 1 is 1.24 bits per heavy atom. The fourth-order valence-electron chi connectivity index (χ4n) is 2.48. The van der Waals surface area contributed by atoms with Crippen molar-refractivity contribution < 1.29 is 14.3 Å². The van der Waals surface area contributed by atoms with Crippen LogP contribution in [0.5, 0.6) is 0 Å². The van der Waals surface area contributed by atoms with Crippen molar-refractivity contribution in [2.45, 2.75) is 39.2 Å². The summed E-state index contributed by atoms with van der Waals surface area (Å²) in [5.74, 6) is 0.666. The molecule has 1 aromatic heterocycles. The first-order valence-corrected chi connectivity index (χ1v) is 8.60. The summed E-state index contributed by atoms with van der Waals surface area (Å²) in [6, 6.07) is 1.76. The molecule has 8 heteroatoms. The molecule has 1 aromatic rings. The lowest BCUT2D eigenvalue weighted by molar-refractivity contribution is -0.131. The van der Waals surface area contributed by atoms with Gasteiger partial charge in [-0.05, 0) is 39.7 Å². The minimum Gasteiger partial charge on any atom is -0.450 e. The highest BCUT2D eigenvalue weighted by molar-refractivity contribution is 5.82. The largest absolute Gasteiger partial charge is 0.450 e. The van der Waals surface area contributed by atoms with E-state index in [1.165, 1.54) is 0 Å². The van der Waals surface area contributed by atoms with Crippen molar-refractivity contribution in [2.24, 2.45) is 0 Å². The van der Waals surface area contributed by atoms with E-state index in [0.717, 1.165) is 19.4 Å². The fourth-order valence-corrected chi connectivity index (χ4v) is 2.48. The molecule has 25 heavy (non-hydrogen) atoms. The number of unbranched alkanes of at least 4 members (excludes halogenated alkanes) is 1. The highest BCUT2D eigenvalue weighted by Crippen LogP contribution is 2.11. The summed E-state index contributed by atoms with van der Waals surface area (Å²) in [5, 5.41) is 2.74. The van der Waals surface area contributed by atoms with Gasteiger partial charge in [0, 0.05) is 37.6 Å². The van der Waals surface area contributed by atoms with Crippen molar-refractivity contribution in [3.63, 3.8) is 0 Å². The van der Waals surface area contributed by atoms with E-state index in [1.807, 2.05) is 30.6 Å². The number of aromatic nitrogens is 2. The minimum atomic E-state index is -0.403. The molecular weight excluding hydrogens is 322 g/mol. The van der Waals surface area contributed by atoms with Crippen molar-refractivity contribution in [2.75, 3.05) is 37.7 Å². The number of nitrogens with zero attached hydrogens (tertiary/aromatic N) is 4. The molecule has 0 saturated carbocycles. The SMILES string of the molecule is CC(C)(C)NC(=O)OCCCCN1CCN(c2ncccn2)CC1=O. The first kappa shape index (κ1) is 19.0. The molecule has 1 aliphatic heterocycles. The van der Waals surface area contributed by atoms with Crippen LogP contribution in [0.4, 0.5) is 10.7 Å². The number of piperazine rings is 1. The van der Waals surface area contributed by atoms with Gasteiger partial charge in [0.05, 0.1) is 13.2 Å². The van der Waals surface area contributed by atoms with E-state index in [2.05, 4.69) is 15.3 Å². The third kappa shape index (κ3) is 6.56. The van der Waals surface area contributed by atoms with E-state index in [9.17, 15) is 9.59 Å². The summed E-state index contributed by atoms with van der Waals surface area (Å²) < 4.78 is 5.13. The molecular formula is C17H27N5O3. The highest BCUT2D eigenvalue weighted by atomic mass is 16.5. The van der Waals surface area contributed by atoms with Crippen LogP contribution in [0.15, 0.2) is 18.5 Å². The average Bonchev–Trinajstić information content (AvgIpc) is 2.55. The van der Waals surface area contributed by atoms with E-state index in [-0.39, 0.29) is 11.4 Å². The third-order valence-electron chi connectivity index (χ3n) is 3.69. The Hall–Kier alpha value is -2.38. The lowest BCUT2D eigenvalue weighted by atomic mass is 10.1. The van der Waals surface area contributed by atoms with E-state index in [4.69, 9.17) is 4.74 Å². The van der Waals surface area contributed by atoms with E-state index in [0.29, 0.717) is 32.2 Å². The van der Waals surface area contributed by atoms with Crippen LogP contribution >= 0.6 is 0 Å². The van der Waals surface area contributed by atoms with Gasteiger partial charge >= 0.3 is 6.09 Å². The maximum Gasteiger partial charge on any atom is 0.407 e. The van der Waals surface area contributed by atoms with Crippen LogP contribution in [0.2, 0.25) is 0 Å². The van der Waals surface area contributed by atoms with Crippen molar-refractivity contribution >= 4 is 17.9 Å². The van der Waals surface area contributed by atoms with Gasteiger partial charge in [-0.15, -0.1) is 0 Å². The Labute approximate surface area is 148 Å². The predicted octanol–water partition coefficient (Wildman–Crippen LogP) is 1.43. The van der Waals surface area contributed by atoms with Crippen LogP contribution in [0.25, 0.3) is 0 Å². The smallest absolute Gasteiger partial charge is 0.407 e. The number of hydrogen-bond donors (Lipinski definition) is 1. The number of nitrogens with one attached hydrogen (secondary N) is 1. The van der Waals surface area contributed by atoms with Crippen LogP contribution in [0.1, 0.15) is 33.6 Å². The van der Waals surface area contributed by atoms with Crippen LogP contribution in [-0.4, -0.2) is 65.2 Å². The Balaban J connectivity index is 1.63. The molecule has 2 heterocycles. The average molecular weight is 349 g/mol. The number of hydrogen-bond acceptors (Lipinski definition) is 6. The molecule has 0 bridgehead atoms. The van der Waals surface area contributed by atoms with E-state index in [1.54, 1.807) is 18.5 Å². The number of anilines is 1. The van der Waals surface area contributed by atoms with Gasteiger partial charge in [-0.3, -0.25) is 4.79 Å². The maximum absolute atomic E-state index is 12.2. The molecule has 0 aliphatic carbocycles. The Bertz CT molecular complexity index is 573. The van der Waals surface area contributed by atoms with Gasteiger partial charge in [-0.1, -0.05) is 0 Å². The van der Waals surface area contributed by atoms with Gasteiger partial charge in [0.25, 0.3) is 0 Å². The van der Waals surface area contributed by atoms with Crippen LogP contribution < -0.4 is 10.2 Å². The van der Waals surface area contributed by atoms with Gasteiger partial charge in [-0.2, -0.15) is 0 Å². The molecule has 1 aliphatic rings.